The van der Waals surface area contributed by atoms with Crippen molar-refractivity contribution in [2.75, 3.05) is 41.5 Å². The smallest absolute Gasteiger partial charge is 0.462 e. The minimum atomic E-state index is -3.73. The first-order valence-electron chi connectivity index (χ1n) is 23.8. The molecule has 0 aromatic heterocycles. The Kier molecular flexibility index (Phi) is 23.2. The van der Waals surface area contributed by atoms with E-state index >= 15 is 0 Å². The first kappa shape index (κ1) is 57.1. The van der Waals surface area contributed by atoms with E-state index in [4.69, 9.17) is 44.3 Å². The topological polar surface area (TPSA) is 145 Å². The molecule has 7 aromatic rings. The molecule has 0 fully saturated rings. The van der Waals surface area contributed by atoms with E-state index in [-0.39, 0.29) is 38.1 Å². The lowest BCUT2D eigenvalue weighted by Gasteiger charge is -2.23. The Hall–Kier alpha value is -6.59. The van der Waals surface area contributed by atoms with Crippen molar-refractivity contribution in [1.29, 1.82) is 0 Å². The molecule has 0 spiro atoms. The average molecular weight is 1130 g/mol. The second-order valence-electron chi connectivity index (χ2n) is 16.2. The van der Waals surface area contributed by atoms with Gasteiger partial charge in [-0.05, 0) is 108 Å². The SMILES string of the molecule is C=CC(=O)OCCOC(=O)Cc1ccc(OP(=S)(Oc2ccc(CC(=O)OC(CSc3ccccc3)CSc3ccccc3)cc2)Oc2ccc(NC(=O)OC(CSc3ccccc3)CSc3ccccc3)cc2)cc1. The van der Waals surface area contributed by atoms with Crippen LogP contribution in [0.15, 0.2) is 226 Å². The van der Waals surface area contributed by atoms with Crippen molar-refractivity contribution < 1.29 is 51.7 Å². The Bertz CT molecular complexity index is 2720. The van der Waals surface area contributed by atoms with E-state index in [0.29, 0.717) is 57.1 Å². The van der Waals surface area contributed by atoms with E-state index in [0.717, 1.165) is 25.7 Å². The van der Waals surface area contributed by atoms with Gasteiger partial charge in [-0.2, -0.15) is 0 Å². The fraction of sp³-hybridized carbons (Fsp3) is 0.172. The quantitative estimate of drug-likeness (QED) is 0.0118. The summed E-state index contributed by atoms with van der Waals surface area (Å²) in [6, 6.07) is 60.0. The summed E-state index contributed by atoms with van der Waals surface area (Å²) in [5, 5.41) is 2.83. The van der Waals surface area contributed by atoms with Crippen LogP contribution in [-0.4, -0.2) is 72.4 Å². The summed E-state index contributed by atoms with van der Waals surface area (Å²) in [5.74, 6) is 1.72. The van der Waals surface area contributed by atoms with Crippen molar-refractivity contribution in [3.05, 3.63) is 218 Å². The molecule has 0 radical (unpaired) electrons. The number of esters is 3. The summed E-state index contributed by atoms with van der Waals surface area (Å²) in [4.78, 5) is 54.8. The zero-order chi connectivity index (χ0) is 53.2. The number of nitrogens with one attached hydrogen (secondary N) is 1. The maximum atomic E-state index is 13.4. The maximum absolute atomic E-state index is 13.4. The fourth-order valence-corrected chi connectivity index (χ4v) is 12.7. The number of amides is 1. The highest BCUT2D eigenvalue weighted by molar-refractivity contribution is 8.08. The standard InChI is InChI=1S/C58H54NO11PS5/c1-2-55(60)64-35-36-65-56(61)37-43-23-29-46(30-24-43)68-71(72,69-47-31-25-44(26-32-47)38-57(62)66-49(39-73-51-15-7-3-8-16-51)40-74-52-17-9-4-10-18-52)70-48-33-27-45(28-34-48)59-58(63)67-50(41-75-53-19-11-5-12-20-53)42-76-54-21-13-6-14-22-54/h2-34,49-50H,1,35-42H2,(H,59,63). The van der Waals surface area contributed by atoms with E-state index in [9.17, 15) is 19.2 Å². The Morgan fingerprint density at radius 1 is 0.474 bits per heavy atom. The normalized spacial score (nSPS) is 11.7. The number of carbonyl (C=O) groups is 4. The lowest BCUT2D eigenvalue weighted by molar-refractivity contribution is -0.149. The van der Waals surface area contributed by atoms with Crippen molar-refractivity contribution in [2.45, 2.75) is 44.6 Å². The summed E-state index contributed by atoms with van der Waals surface area (Å²) < 4.78 is 41.1. The molecule has 18 heteroatoms. The maximum Gasteiger partial charge on any atom is 0.490 e. The van der Waals surface area contributed by atoms with Gasteiger partial charge in [-0.15, -0.1) is 47.0 Å². The molecule has 0 aliphatic rings. The number of ether oxygens (including phenoxy) is 4. The average Bonchev–Trinajstić information content (AvgIpc) is 3.44. The number of thioether (sulfide) groups is 4. The molecule has 392 valence electrons. The van der Waals surface area contributed by atoms with Crippen molar-refractivity contribution in [2.24, 2.45) is 0 Å². The predicted molar refractivity (Wildman–Crippen MR) is 307 cm³/mol. The third kappa shape index (κ3) is 20.9. The number of benzene rings is 7. The number of carbonyl (C=O) groups excluding carboxylic acids is 4. The van der Waals surface area contributed by atoms with E-state index < -0.39 is 30.9 Å². The third-order valence-electron chi connectivity index (χ3n) is 10.3. The van der Waals surface area contributed by atoms with Gasteiger partial charge in [0, 0.05) is 66.2 Å². The van der Waals surface area contributed by atoms with Gasteiger partial charge in [-0.1, -0.05) is 104 Å². The molecule has 7 aromatic carbocycles. The lowest BCUT2D eigenvalue weighted by atomic mass is 10.1. The van der Waals surface area contributed by atoms with Crippen molar-refractivity contribution in [1.82, 2.24) is 0 Å². The van der Waals surface area contributed by atoms with Crippen LogP contribution in [0.25, 0.3) is 0 Å². The lowest BCUT2D eigenvalue weighted by Crippen LogP contribution is -2.26. The van der Waals surface area contributed by atoms with Gasteiger partial charge in [0.1, 0.15) is 42.7 Å². The third-order valence-corrected chi connectivity index (χ3v) is 16.9. The van der Waals surface area contributed by atoms with Crippen LogP contribution in [0.1, 0.15) is 11.1 Å². The van der Waals surface area contributed by atoms with Gasteiger partial charge in [0.05, 0.1) is 12.8 Å². The largest absolute Gasteiger partial charge is 0.490 e. The van der Waals surface area contributed by atoms with Crippen LogP contribution in [0.3, 0.4) is 0 Å². The molecule has 0 heterocycles. The highest BCUT2D eigenvalue weighted by Crippen LogP contribution is 2.50. The number of anilines is 1. The van der Waals surface area contributed by atoms with Crippen LogP contribution < -0.4 is 18.9 Å². The second kappa shape index (κ2) is 30.8. The Balaban J connectivity index is 0.998. The Labute approximate surface area is 465 Å². The molecular formula is C58H54NO11PS5. The zero-order valence-electron chi connectivity index (χ0n) is 41.1. The van der Waals surface area contributed by atoms with Crippen molar-refractivity contribution in [3.8, 4) is 17.2 Å². The molecular weight excluding hydrogens is 1080 g/mol. The van der Waals surface area contributed by atoms with Gasteiger partial charge in [0.15, 0.2) is 0 Å². The van der Waals surface area contributed by atoms with Crippen molar-refractivity contribution >= 4 is 95.3 Å². The van der Waals surface area contributed by atoms with Gasteiger partial charge >= 0.3 is 30.7 Å². The summed E-state index contributed by atoms with van der Waals surface area (Å²) >= 11 is 12.5. The van der Waals surface area contributed by atoms with Crippen LogP contribution in [0, 0.1) is 0 Å². The molecule has 0 bridgehead atoms. The van der Waals surface area contributed by atoms with E-state index in [1.165, 1.54) is 0 Å². The van der Waals surface area contributed by atoms with Crippen LogP contribution in [-0.2, 0) is 58.0 Å². The Morgan fingerprint density at radius 2 is 0.829 bits per heavy atom. The van der Waals surface area contributed by atoms with Gasteiger partial charge in [0.2, 0.25) is 0 Å². The van der Waals surface area contributed by atoms with Crippen LogP contribution in [0.5, 0.6) is 17.2 Å². The first-order chi connectivity index (χ1) is 37.0. The fourth-order valence-electron chi connectivity index (χ4n) is 6.70. The van der Waals surface area contributed by atoms with Gasteiger partial charge in [0.25, 0.3) is 0 Å². The van der Waals surface area contributed by atoms with Crippen LogP contribution in [0.4, 0.5) is 10.5 Å². The van der Waals surface area contributed by atoms with E-state index in [2.05, 4.69) is 11.9 Å². The molecule has 0 saturated carbocycles. The summed E-state index contributed by atoms with van der Waals surface area (Å²) in [5.41, 5.74) is 1.77. The van der Waals surface area contributed by atoms with Gasteiger partial charge < -0.3 is 32.5 Å². The summed E-state index contributed by atoms with van der Waals surface area (Å²) in [6.07, 6.45) is -0.348. The second-order valence-corrected chi connectivity index (χ2v) is 23.4. The molecule has 1 N–H and O–H groups in total. The molecule has 0 saturated heterocycles. The molecule has 76 heavy (non-hydrogen) atoms. The van der Waals surface area contributed by atoms with Gasteiger partial charge in [-0.3, -0.25) is 14.9 Å². The molecule has 1 unspecified atom stereocenters. The zero-order valence-corrected chi connectivity index (χ0v) is 46.0. The van der Waals surface area contributed by atoms with Gasteiger partial charge in [-0.25, -0.2) is 9.59 Å². The highest BCUT2D eigenvalue weighted by atomic mass is 32.5. The molecule has 1 amide bonds. The number of hydrogen-bond acceptors (Lipinski definition) is 16. The molecule has 0 aliphatic carbocycles. The minimum absolute atomic E-state index is 0.0283. The van der Waals surface area contributed by atoms with E-state index in [1.807, 2.05) is 121 Å². The van der Waals surface area contributed by atoms with Crippen LogP contribution >= 0.6 is 53.8 Å². The van der Waals surface area contributed by atoms with Crippen LogP contribution in [0.2, 0.25) is 0 Å². The number of rotatable bonds is 29. The predicted octanol–water partition coefficient (Wildman–Crippen LogP) is 13.8. The molecule has 1 atom stereocenters. The molecule has 7 rings (SSSR count). The summed E-state index contributed by atoms with van der Waals surface area (Å²) in [7, 11) is 0. The monoisotopic (exact) mass is 1130 g/mol. The highest BCUT2D eigenvalue weighted by Gasteiger charge is 2.28. The molecule has 12 nitrogen and oxygen atoms in total. The van der Waals surface area contributed by atoms with E-state index in [1.54, 1.807) is 120 Å². The Morgan fingerprint density at radius 3 is 1.22 bits per heavy atom. The van der Waals surface area contributed by atoms with Crippen molar-refractivity contribution in [3.63, 3.8) is 0 Å². The number of hydrogen-bond donors (Lipinski definition) is 1. The first-order valence-corrected chi connectivity index (χ1v) is 30.3. The molecule has 0 aliphatic heterocycles. The summed E-state index contributed by atoms with van der Waals surface area (Å²) in [6.45, 7) is -0.591. The minimum Gasteiger partial charge on any atom is -0.462 e.